The number of benzene rings is 1. The number of hydrogen-bond acceptors (Lipinski definition) is 4. The summed E-state index contributed by atoms with van der Waals surface area (Å²) < 4.78 is 4.55. The first-order chi connectivity index (χ1) is 8.15. The van der Waals surface area contributed by atoms with Crippen LogP contribution in [0.1, 0.15) is 34.0 Å². The molecule has 0 saturated carbocycles. The van der Waals surface area contributed by atoms with Gasteiger partial charge in [0.15, 0.2) is 0 Å². The molecular weight excluding hydrogens is 218 g/mol. The van der Waals surface area contributed by atoms with Crippen LogP contribution in [-0.2, 0) is 22.4 Å². The average Bonchev–Trinajstić information content (AvgIpc) is 2.37. The standard InChI is InChI=1S/C13H13NO3/c1-3-9-4-11(7-14)10(5-12(9)8-15)6-13(16)17-2/h4-5,8H,3,6H2,1-2H3. The zero-order valence-electron chi connectivity index (χ0n) is 9.82. The monoisotopic (exact) mass is 231 g/mol. The molecule has 0 aliphatic carbocycles. The molecule has 0 heterocycles. The van der Waals surface area contributed by atoms with Gasteiger partial charge >= 0.3 is 5.97 Å². The van der Waals surface area contributed by atoms with E-state index in [2.05, 4.69) is 4.74 Å². The summed E-state index contributed by atoms with van der Waals surface area (Å²) >= 11 is 0. The lowest BCUT2D eigenvalue weighted by molar-refractivity contribution is -0.139. The number of carbonyl (C=O) groups is 2. The van der Waals surface area contributed by atoms with Gasteiger partial charge in [0.05, 0.1) is 25.2 Å². The summed E-state index contributed by atoms with van der Waals surface area (Å²) in [5.41, 5.74) is 2.27. The van der Waals surface area contributed by atoms with E-state index in [-0.39, 0.29) is 6.42 Å². The van der Waals surface area contributed by atoms with Crippen molar-refractivity contribution in [3.05, 3.63) is 34.4 Å². The van der Waals surface area contributed by atoms with Crippen LogP contribution < -0.4 is 0 Å². The molecule has 0 radical (unpaired) electrons. The Morgan fingerprint density at radius 3 is 2.65 bits per heavy atom. The Labute approximate surface area is 99.8 Å². The maximum Gasteiger partial charge on any atom is 0.310 e. The number of aldehydes is 1. The molecule has 4 heteroatoms. The Kier molecular flexibility index (Phi) is 4.41. The highest BCUT2D eigenvalue weighted by atomic mass is 16.5. The largest absolute Gasteiger partial charge is 0.469 e. The molecule has 0 N–H and O–H groups in total. The van der Waals surface area contributed by atoms with Gasteiger partial charge in [-0.15, -0.1) is 0 Å². The van der Waals surface area contributed by atoms with Crippen LogP contribution in [0.5, 0.6) is 0 Å². The molecule has 0 aromatic heterocycles. The van der Waals surface area contributed by atoms with E-state index in [1.807, 2.05) is 13.0 Å². The zero-order valence-corrected chi connectivity index (χ0v) is 9.82. The maximum atomic E-state index is 11.2. The van der Waals surface area contributed by atoms with Crippen molar-refractivity contribution in [3.8, 4) is 6.07 Å². The molecule has 0 saturated heterocycles. The fraction of sp³-hybridized carbons (Fsp3) is 0.308. The summed E-state index contributed by atoms with van der Waals surface area (Å²) in [5, 5.41) is 9.00. The molecule has 0 bridgehead atoms. The number of ether oxygens (including phenoxy) is 1. The van der Waals surface area contributed by atoms with E-state index >= 15 is 0 Å². The molecule has 0 spiro atoms. The van der Waals surface area contributed by atoms with Crippen LogP contribution in [0, 0.1) is 11.3 Å². The molecule has 4 nitrogen and oxygen atoms in total. The van der Waals surface area contributed by atoms with Gasteiger partial charge in [-0.25, -0.2) is 0 Å². The van der Waals surface area contributed by atoms with Gasteiger partial charge in [-0.3, -0.25) is 9.59 Å². The molecule has 0 fully saturated rings. The summed E-state index contributed by atoms with van der Waals surface area (Å²) in [4.78, 5) is 22.1. The number of methoxy groups -OCH3 is 1. The van der Waals surface area contributed by atoms with Crippen LogP contribution in [0.2, 0.25) is 0 Å². The normalized spacial score (nSPS) is 9.47. The highest BCUT2D eigenvalue weighted by Gasteiger charge is 2.12. The van der Waals surface area contributed by atoms with E-state index in [1.165, 1.54) is 7.11 Å². The molecule has 0 atom stereocenters. The molecule has 0 aliphatic rings. The predicted molar refractivity (Wildman–Crippen MR) is 61.6 cm³/mol. The van der Waals surface area contributed by atoms with Crippen molar-refractivity contribution in [3.63, 3.8) is 0 Å². The molecule has 0 unspecified atom stereocenters. The van der Waals surface area contributed by atoms with Gasteiger partial charge < -0.3 is 4.74 Å². The fourth-order valence-electron chi connectivity index (χ4n) is 1.60. The number of carbonyl (C=O) groups excluding carboxylic acids is 2. The van der Waals surface area contributed by atoms with E-state index in [9.17, 15) is 9.59 Å². The Morgan fingerprint density at radius 2 is 2.18 bits per heavy atom. The first kappa shape index (κ1) is 12.9. The van der Waals surface area contributed by atoms with Crippen molar-refractivity contribution in [2.45, 2.75) is 19.8 Å². The maximum absolute atomic E-state index is 11.2. The van der Waals surface area contributed by atoms with Gasteiger partial charge in [-0.2, -0.15) is 5.26 Å². The Morgan fingerprint density at radius 1 is 1.47 bits per heavy atom. The number of aryl methyl sites for hydroxylation is 1. The zero-order chi connectivity index (χ0) is 12.8. The van der Waals surface area contributed by atoms with Crippen LogP contribution in [0.25, 0.3) is 0 Å². The summed E-state index contributed by atoms with van der Waals surface area (Å²) in [6.45, 7) is 1.91. The van der Waals surface area contributed by atoms with Crippen molar-refractivity contribution < 1.29 is 14.3 Å². The third-order valence-corrected chi connectivity index (χ3v) is 2.56. The van der Waals surface area contributed by atoms with E-state index in [0.29, 0.717) is 23.1 Å². The minimum absolute atomic E-state index is 0.00419. The first-order valence-electron chi connectivity index (χ1n) is 5.24. The Balaban J connectivity index is 3.25. The third kappa shape index (κ3) is 2.91. The summed E-state index contributed by atoms with van der Waals surface area (Å²) in [6.07, 6.45) is 1.41. The number of rotatable bonds is 4. The van der Waals surface area contributed by atoms with Gasteiger partial charge in [0.25, 0.3) is 0 Å². The van der Waals surface area contributed by atoms with Gasteiger partial charge in [-0.1, -0.05) is 6.92 Å². The second-order valence-electron chi connectivity index (χ2n) is 3.54. The van der Waals surface area contributed by atoms with Gasteiger partial charge in [-0.05, 0) is 29.7 Å². The Hall–Kier alpha value is -2.15. The lowest BCUT2D eigenvalue weighted by Gasteiger charge is -2.08. The smallest absolute Gasteiger partial charge is 0.310 e. The quantitative estimate of drug-likeness (QED) is 0.583. The first-order valence-corrected chi connectivity index (χ1v) is 5.24. The van der Waals surface area contributed by atoms with Crippen molar-refractivity contribution >= 4 is 12.3 Å². The van der Waals surface area contributed by atoms with E-state index in [0.717, 1.165) is 11.8 Å². The van der Waals surface area contributed by atoms with Crippen LogP contribution in [0.15, 0.2) is 12.1 Å². The number of esters is 1. The fourth-order valence-corrected chi connectivity index (χ4v) is 1.60. The molecule has 0 aliphatic heterocycles. The number of nitriles is 1. The summed E-state index contributed by atoms with van der Waals surface area (Å²) in [7, 11) is 1.29. The number of hydrogen-bond donors (Lipinski definition) is 0. The minimum Gasteiger partial charge on any atom is -0.469 e. The molecule has 17 heavy (non-hydrogen) atoms. The topological polar surface area (TPSA) is 67.2 Å². The van der Waals surface area contributed by atoms with Gasteiger partial charge in [0.1, 0.15) is 6.29 Å². The van der Waals surface area contributed by atoms with Crippen LogP contribution in [-0.4, -0.2) is 19.4 Å². The number of nitrogens with zero attached hydrogens (tertiary/aromatic N) is 1. The predicted octanol–water partition coefficient (Wildman–Crippen LogP) is 1.65. The van der Waals surface area contributed by atoms with E-state index in [1.54, 1.807) is 12.1 Å². The second kappa shape index (κ2) is 5.80. The highest BCUT2D eigenvalue weighted by molar-refractivity contribution is 5.80. The van der Waals surface area contributed by atoms with Crippen LogP contribution in [0.3, 0.4) is 0 Å². The second-order valence-corrected chi connectivity index (χ2v) is 3.54. The lowest BCUT2D eigenvalue weighted by atomic mass is 9.96. The molecule has 1 rings (SSSR count). The van der Waals surface area contributed by atoms with E-state index < -0.39 is 5.97 Å². The van der Waals surface area contributed by atoms with Crippen molar-refractivity contribution in [1.82, 2.24) is 0 Å². The van der Waals surface area contributed by atoms with Gasteiger partial charge in [0, 0.05) is 5.56 Å². The molecule has 88 valence electrons. The summed E-state index contributed by atoms with van der Waals surface area (Å²) in [6, 6.07) is 5.27. The average molecular weight is 231 g/mol. The SMILES string of the molecule is CCc1cc(C#N)c(CC(=O)OC)cc1C=O. The van der Waals surface area contributed by atoms with Crippen LogP contribution in [0.4, 0.5) is 0 Å². The minimum atomic E-state index is -0.428. The van der Waals surface area contributed by atoms with E-state index in [4.69, 9.17) is 5.26 Å². The molecule has 0 amide bonds. The third-order valence-electron chi connectivity index (χ3n) is 2.56. The lowest BCUT2D eigenvalue weighted by Crippen LogP contribution is -2.07. The van der Waals surface area contributed by atoms with Crippen molar-refractivity contribution in [1.29, 1.82) is 5.26 Å². The molecule has 1 aromatic rings. The van der Waals surface area contributed by atoms with Crippen LogP contribution >= 0.6 is 0 Å². The highest BCUT2D eigenvalue weighted by Crippen LogP contribution is 2.17. The van der Waals surface area contributed by atoms with Crippen molar-refractivity contribution in [2.24, 2.45) is 0 Å². The van der Waals surface area contributed by atoms with Gasteiger partial charge in [0.2, 0.25) is 0 Å². The summed E-state index contributed by atoms with van der Waals surface area (Å²) in [5.74, 6) is -0.428. The molecular formula is C13H13NO3. The molecule has 1 aromatic carbocycles. The van der Waals surface area contributed by atoms with Crippen molar-refractivity contribution in [2.75, 3.05) is 7.11 Å². The Bertz CT molecular complexity index is 486.